The SMILES string of the molecule is C.C.CC(C)(C)OC(=O)NC1CCC(NC(=O)c2sc3nccc4c3c2NC(=O)N4c2ccc(Oc3ccccc3)cc2)CC1. The predicted molar refractivity (Wildman–Crippen MR) is 180 cm³/mol. The van der Waals surface area contributed by atoms with Crippen LogP contribution in [0.2, 0.25) is 0 Å². The van der Waals surface area contributed by atoms with Crippen LogP contribution in [0.5, 0.6) is 11.5 Å². The Morgan fingerprint density at radius 2 is 1.53 bits per heavy atom. The molecule has 6 rings (SSSR count). The van der Waals surface area contributed by atoms with Gasteiger partial charge >= 0.3 is 12.1 Å². The van der Waals surface area contributed by atoms with Gasteiger partial charge in [-0.25, -0.2) is 14.6 Å². The third-order valence-electron chi connectivity index (χ3n) is 7.31. The van der Waals surface area contributed by atoms with E-state index in [2.05, 4.69) is 20.9 Å². The molecule has 0 radical (unpaired) electrons. The molecule has 0 saturated heterocycles. The van der Waals surface area contributed by atoms with Crippen molar-refractivity contribution in [2.75, 3.05) is 10.2 Å². The number of amides is 4. The van der Waals surface area contributed by atoms with Gasteiger partial charge in [-0.15, -0.1) is 11.3 Å². The van der Waals surface area contributed by atoms with Crippen LogP contribution < -0.4 is 25.6 Å². The number of hydrogen-bond donors (Lipinski definition) is 3. The van der Waals surface area contributed by atoms with E-state index < -0.39 is 11.7 Å². The van der Waals surface area contributed by atoms with Gasteiger partial charge in [0.1, 0.15) is 26.8 Å². The van der Waals surface area contributed by atoms with Crippen molar-refractivity contribution >= 4 is 56.6 Å². The summed E-state index contributed by atoms with van der Waals surface area (Å²) in [6, 6.07) is 18.1. The third-order valence-corrected chi connectivity index (χ3v) is 8.41. The number of urea groups is 1. The highest BCUT2D eigenvalue weighted by molar-refractivity contribution is 7.21. The Hall–Kier alpha value is -4.64. The zero-order valence-corrected chi connectivity index (χ0v) is 25.0. The number of nitrogens with zero attached hydrogens (tertiary/aromatic N) is 2. The van der Waals surface area contributed by atoms with Crippen molar-refractivity contribution in [3.05, 3.63) is 71.7 Å². The number of carbonyl (C=O) groups is 3. The number of thiophene rings is 1. The number of alkyl carbamates (subject to hydrolysis) is 1. The fourth-order valence-electron chi connectivity index (χ4n) is 5.40. The van der Waals surface area contributed by atoms with Crippen molar-refractivity contribution in [2.45, 2.75) is 79.0 Å². The molecule has 4 amide bonds. The van der Waals surface area contributed by atoms with Gasteiger partial charge in [-0.3, -0.25) is 9.69 Å². The van der Waals surface area contributed by atoms with E-state index in [-0.39, 0.29) is 38.9 Å². The molecule has 1 aliphatic heterocycles. The highest BCUT2D eigenvalue weighted by atomic mass is 32.1. The minimum Gasteiger partial charge on any atom is -0.457 e. The van der Waals surface area contributed by atoms with Crippen LogP contribution in [-0.4, -0.2) is 40.7 Å². The van der Waals surface area contributed by atoms with Crippen LogP contribution in [0, 0.1) is 0 Å². The Labute approximate surface area is 268 Å². The van der Waals surface area contributed by atoms with Gasteiger partial charge in [-0.1, -0.05) is 33.1 Å². The first kappa shape index (κ1) is 33.3. The molecule has 238 valence electrons. The smallest absolute Gasteiger partial charge is 0.407 e. The number of para-hydroxylation sites is 1. The summed E-state index contributed by atoms with van der Waals surface area (Å²) in [5.74, 6) is 1.13. The molecule has 1 saturated carbocycles. The average Bonchev–Trinajstić information content (AvgIpc) is 3.34. The highest BCUT2D eigenvalue weighted by Crippen LogP contribution is 2.46. The summed E-state index contributed by atoms with van der Waals surface area (Å²) in [5, 5.41) is 9.73. The van der Waals surface area contributed by atoms with E-state index in [4.69, 9.17) is 9.47 Å². The van der Waals surface area contributed by atoms with Gasteiger partial charge in [0, 0.05) is 18.3 Å². The molecule has 10 nitrogen and oxygen atoms in total. The van der Waals surface area contributed by atoms with E-state index in [0.717, 1.165) is 36.8 Å². The number of benzene rings is 2. The van der Waals surface area contributed by atoms with Gasteiger partial charge in [-0.05, 0) is 88.9 Å². The van der Waals surface area contributed by atoms with Gasteiger partial charge in [0.2, 0.25) is 0 Å². The molecule has 2 aliphatic rings. The van der Waals surface area contributed by atoms with Crippen molar-refractivity contribution in [3.63, 3.8) is 0 Å². The van der Waals surface area contributed by atoms with Gasteiger partial charge in [0.05, 0.1) is 22.4 Å². The molecule has 1 fully saturated rings. The van der Waals surface area contributed by atoms with E-state index in [1.807, 2.05) is 75.4 Å². The molecule has 0 bridgehead atoms. The van der Waals surface area contributed by atoms with Crippen LogP contribution in [0.25, 0.3) is 10.2 Å². The number of hydrogen-bond acceptors (Lipinski definition) is 7. The first-order chi connectivity index (χ1) is 20.6. The lowest BCUT2D eigenvalue weighted by Crippen LogP contribution is -2.45. The zero-order valence-electron chi connectivity index (χ0n) is 24.2. The van der Waals surface area contributed by atoms with Gasteiger partial charge in [0.25, 0.3) is 5.91 Å². The summed E-state index contributed by atoms with van der Waals surface area (Å²) in [6.07, 6.45) is 4.14. The fraction of sp³-hybridized carbons (Fsp3) is 0.353. The molecular formula is C34H41N5O5S. The van der Waals surface area contributed by atoms with Crippen LogP contribution in [0.15, 0.2) is 66.9 Å². The summed E-state index contributed by atoms with van der Waals surface area (Å²) in [4.78, 5) is 46.2. The van der Waals surface area contributed by atoms with Crippen molar-refractivity contribution in [3.8, 4) is 11.5 Å². The predicted octanol–water partition coefficient (Wildman–Crippen LogP) is 8.61. The normalized spacial score (nSPS) is 17.3. The van der Waals surface area contributed by atoms with Crippen LogP contribution in [0.4, 0.5) is 26.7 Å². The minimum atomic E-state index is -0.553. The molecule has 3 heterocycles. The molecule has 0 spiro atoms. The summed E-state index contributed by atoms with van der Waals surface area (Å²) in [5.41, 5.74) is 1.24. The topological polar surface area (TPSA) is 122 Å². The number of rotatable bonds is 6. The molecular weight excluding hydrogens is 590 g/mol. The summed E-state index contributed by atoms with van der Waals surface area (Å²) >= 11 is 1.26. The van der Waals surface area contributed by atoms with E-state index >= 15 is 0 Å². The van der Waals surface area contributed by atoms with Gasteiger partial charge < -0.3 is 25.4 Å². The van der Waals surface area contributed by atoms with E-state index in [9.17, 15) is 14.4 Å². The molecule has 4 aromatic rings. The fourth-order valence-corrected chi connectivity index (χ4v) is 6.42. The monoisotopic (exact) mass is 631 g/mol. The molecule has 11 heteroatoms. The van der Waals surface area contributed by atoms with Gasteiger partial charge in [-0.2, -0.15) is 0 Å². The molecule has 45 heavy (non-hydrogen) atoms. The summed E-state index contributed by atoms with van der Waals surface area (Å²) < 4.78 is 11.3. The van der Waals surface area contributed by atoms with Crippen molar-refractivity contribution in [1.82, 2.24) is 15.6 Å². The lowest BCUT2D eigenvalue weighted by atomic mass is 9.91. The second-order valence-corrected chi connectivity index (χ2v) is 12.7. The number of nitrogens with one attached hydrogen (secondary N) is 3. The second-order valence-electron chi connectivity index (χ2n) is 11.7. The Kier molecular flexibility index (Phi) is 10.0. The summed E-state index contributed by atoms with van der Waals surface area (Å²) in [7, 11) is 0. The number of anilines is 3. The standard InChI is InChI=1S/C32H33N5O5S.2CH4/c1-32(2,3)42-31(40)35-20-11-9-19(10-12-20)34-28(38)27-26-25-24(17-18-33-29(25)43-27)37(30(39)36-26)21-13-15-23(16-14-21)41-22-7-5-4-6-8-22;;/h4-8,13-20H,9-12H2,1-3H3,(H,34,38)(H,35,40)(H,36,39);2*1H4. The van der Waals surface area contributed by atoms with Crippen LogP contribution >= 0.6 is 11.3 Å². The number of carbonyl (C=O) groups excluding carboxylic acids is 3. The lowest BCUT2D eigenvalue weighted by molar-refractivity contribution is 0.0488. The maximum Gasteiger partial charge on any atom is 0.407 e. The Morgan fingerprint density at radius 3 is 2.18 bits per heavy atom. The van der Waals surface area contributed by atoms with Gasteiger partial charge in [0.15, 0.2) is 0 Å². The molecule has 3 N–H and O–H groups in total. The van der Waals surface area contributed by atoms with E-state index in [0.29, 0.717) is 32.5 Å². The number of ether oxygens (including phenoxy) is 2. The first-order valence-electron chi connectivity index (χ1n) is 14.3. The largest absolute Gasteiger partial charge is 0.457 e. The quantitative estimate of drug-likeness (QED) is 0.196. The lowest BCUT2D eigenvalue weighted by Gasteiger charge is -2.31. The van der Waals surface area contributed by atoms with Crippen molar-refractivity contribution in [2.24, 2.45) is 0 Å². The molecule has 2 aromatic heterocycles. The third kappa shape index (κ3) is 7.37. The maximum atomic E-state index is 13.5. The maximum absolute atomic E-state index is 13.5. The Morgan fingerprint density at radius 1 is 0.911 bits per heavy atom. The Bertz CT molecular complexity index is 1660. The Balaban J connectivity index is 0.00000230. The molecule has 2 aromatic carbocycles. The molecule has 0 unspecified atom stereocenters. The van der Waals surface area contributed by atoms with Crippen LogP contribution in [0.3, 0.4) is 0 Å². The minimum absolute atomic E-state index is 0. The molecule has 1 aliphatic carbocycles. The first-order valence-corrected chi connectivity index (χ1v) is 15.1. The zero-order chi connectivity index (χ0) is 30.1. The number of aromatic nitrogens is 1. The van der Waals surface area contributed by atoms with Crippen molar-refractivity contribution in [1.29, 1.82) is 0 Å². The van der Waals surface area contributed by atoms with Crippen LogP contribution in [0.1, 0.15) is 71.0 Å². The van der Waals surface area contributed by atoms with Crippen molar-refractivity contribution < 1.29 is 23.9 Å². The average molecular weight is 632 g/mol. The molecule has 0 atom stereocenters. The van der Waals surface area contributed by atoms with E-state index in [1.54, 1.807) is 17.2 Å². The van der Waals surface area contributed by atoms with E-state index in [1.165, 1.54) is 11.3 Å². The summed E-state index contributed by atoms with van der Waals surface area (Å²) in [6.45, 7) is 5.50. The number of pyridine rings is 1. The second kappa shape index (κ2) is 13.6. The van der Waals surface area contributed by atoms with Crippen LogP contribution in [-0.2, 0) is 4.74 Å². The highest BCUT2D eigenvalue weighted by Gasteiger charge is 2.34.